The van der Waals surface area contributed by atoms with Crippen LogP contribution in [-0.4, -0.2) is 15.0 Å². The summed E-state index contributed by atoms with van der Waals surface area (Å²) in [6.07, 6.45) is 1.13. The zero-order chi connectivity index (χ0) is 17.3. The maximum absolute atomic E-state index is 12.0. The maximum Gasteiger partial charge on any atom is 0.313 e. The molecule has 0 aliphatic heterocycles. The standard InChI is InChI=1S/C17H17N3O3S/c18-12-4-5-13-19-20-16-10-8-15(9-11-16)14-24(21,22)23-17-6-2-1-3-7-17/h1-3,6-11H,4-5,13-14H2. The predicted octanol–water partition coefficient (Wildman–Crippen LogP) is 3.98. The van der Waals surface area contributed by atoms with Gasteiger partial charge in [0, 0.05) is 6.42 Å². The molecule has 0 spiro atoms. The van der Waals surface area contributed by atoms with Crippen LogP contribution < -0.4 is 4.18 Å². The highest BCUT2D eigenvalue weighted by Crippen LogP contribution is 2.18. The third-order valence-electron chi connectivity index (χ3n) is 2.98. The van der Waals surface area contributed by atoms with Gasteiger partial charge in [-0.05, 0) is 36.2 Å². The minimum atomic E-state index is -3.71. The Morgan fingerprint density at radius 3 is 2.42 bits per heavy atom. The molecule has 124 valence electrons. The zero-order valence-electron chi connectivity index (χ0n) is 13.0. The van der Waals surface area contributed by atoms with Crippen LogP contribution in [0.2, 0.25) is 0 Å². The minimum Gasteiger partial charge on any atom is -0.382 e. The van der Waals surface area contributed by atoms with Crippen LogP contribution in [0, 0.1) is 11.3 Å². The smallest absolute Gasteiger partial charge is 0.313 e. The number of benzene rings is 2. The van der Waals surface area contributed by atoms with Gasteiger partial charge in [-0.2, -0.15) is 23.9 Å². The molecule has 0 heterocycles. The van der Waals surface area contributed by atoms with Crippen molar-refractivity contribution in [3.8, 4) is 11.8 Å². The Balaban J connectivity index is 1.92. The van der Waals surface area contributed by atoms with Gasteiger partial charge in [-0.3, -0.25) is 0 Å². The first-order chi connectivity index (χ1) is 11.6. The van der Waals surface area contributed by atoms with Crippen molar-refractivity contribution in [2.45, 2.75) is 18.6 Å². The minimum absolute atomic E-state index is 0.221. The monoisotopic (exact) mass is 343 g/mol. The number of nitriles is 1. The van der Waals surface area contributed by atoms with E-state index in [0.29, 0.717) is 36.4 Å². The number of rotatable bonds is 8. The summed E-state index contributed by atoms with van der Waals surface area (Å²) < 4.78 is 29.1. The molecule has 0 radical (unpaired) electrons. The van der Waals surface area contributed by atoms with Crippen molar-refractivity contribution in [3.05, 3.63) is 60.2 Å². The van der Waals surface area contributed by atoms with Gasteiger partial charge in [0.25, 0.3) is 0 Å². The SMILES string of the molecule is N#CCCCN=Nc1ccc(CS(=O)(=O)Oc2ccccc2)cc1. The van der Waals surface area contributed by atoms with Crippen molar-refractivity contribution >= 4 is 15.8 Å². The molecule has 0 saturated carbocycles. The van der Waals surface area contributed by atoms with Gasteiger partial charge in [0.15, 0.2) is 0 Å². The van der Waals surface area contributed by atoms with Gasteiger partial charge in [-0.1, -0.05) is 30.3 Å². The van der Waals surface area contributed by atoms with Gasteiger partial charge >= 0.3 is 10.1 Å². The van der Waals surface area contributed by atoms with Crippen molar-refractivity contribution in [2.24, 2.45) is 10.2 Å². The molecule has 0 atom stereocenters. The maximum atomic E-state index is 12.0. The zero-order valence-corrected chi connectivity index (χ0v) is 13.8. The van der Waals surface area contributed by atoms with Gasteiger partial charge in [0.1, 0.15) is 11.5 Å². The van der Waals surface area contributed by atoms with Crippen molar-refractivity contribution in [1.82, 2.24) is 0 Å². The third-order valence-corrected chi connectivity index (χ3v) is 4.11. The molecule has 2 rings (SSSR count). The van der Waals surface area contributed by atoms with E-state index in [0.717, 1.165) is 0 Å². The highest BCUT2D eigenvalue weighted by molar-refractivity contribution is 7.86. The van der Waals surface area contributed by atoms with E-state index in [1.54, 1.807) is 54.6 Å². The molecule has 0 bridgehead atoms. The number of hydrogen-bond acceptors (Lipinski definition) is 6. The normalized spacial score (nSPS) is 11.3. The number of nitrogens with zero attached hydrogens (tertiary/aromatic N) is 3. The van der Waals surface area contributed by atoms with Crippen LogP contribution in [0.25, 0.3) is 0 Å². The lowest BCUT2D eigenvalue weighted by Gasteiger charge is -2.07. The van der Waals surface area contributed by atoms with E-state index in [9.17, 15) is 8.42 Å². The van der Waals surface area contributed by atoms with Crippen LogP contribution in [0.4, 0.5) is 5.69 Å². The van der Waals surface area contributed by atoms with E-state index in [1.807, 2.05) is 6.07 Å². The molecule has 0 aliphatic carbocycles. The summed E-state index contributed by atoms with van der Waals surface area (Å²) >= 11 is 0. The molecule has 0 aromatic heterocycles. The fourth-order valence-corrected chi connectivity index (χ4v) is 2.94. The Bertz CT molecular complexity index is 810. The molecule has 0 saturated heterocycles. The van der Waals surface area contributed by atoms with Crippen molar-refractivity contribution < 1.29 is 12.6 Å². The van der Waals surface area contributed by atoms with Gasteiger partial charge in [-0.25, -0.2) is 0 Å². The summed E-state index contributed by atoms with van der Waals surface area (Å²) in [6, 6.07) is 17.2. The van der Waals surface area contributed by atoms with Crippen molar-refractivity contribution in [1.29, 1.82) is 5.26 Å². The van der Waals surface area contributed by atoms with Gasteiger partial charge < -0.3 is 4.18 Å². The van der Waals surface area contributed by atoms with Crippen LogP contribution >= 0.6 is 0 Å². The molecule has 24 heavy (non-hydrogen) atoms. The number of hydrogen-bond donors (Lipinski definition) is 0. The topological polar surface area (TPSA) is 91.9 Å². The number of para-hydroxylation sites is 1. The molecule has 0 aliphatic rings. The van der Waals surface area contributed by atoms with Crippen molar-refractivity contribution in [3.63, 3.8) is 0 Å². The lowest BCUT2D eigenvalue weighted by atomic mass is 10.2. The number of azo groups is 1. The Hall–Kier alpha value is -2.72. The van der Waals surface area contributed by atoms with Crippen LogP contribution in [0.1, 0.15) is 18.4 Å². The summed E-state index contributed by atoms with van der Waals surface area (Å²) in [5, 5.41) is 16.4. The molecular weight excluding hydrogens is 326 g/mol. The Morgan fingerprint density at radius 1 is 1.04 bits per heavy atom. The first kappa shape index (κ1) is 17.6. The molecule has 7 heteroatoms. The first-order valence-corrected chi connectivity index (χ1v) is 8.97. The van der Waals surface area contributed by atoms with E-state index in [4.69, 9.17) is 9.44 Å². The van der Waals surface area contributed by atoms with Gasteiger partial charge in [-0.15, -0.1) is 0 Å². The second-order valence-corrected chi connectivity index (χ2v) is 6.56. The lowest BCUT2D eigenvalue weighted by Crippen LogP contribution is -2.11. The molecule has 2 aromatic rings. The predicted molar refractivity (Wildman–Crippen MR) is 90.4 cm³/mol. The van der Waals surface area contributed by atoms with Crippen LogP contribution in [0.3, 0.4) is 0 Å². The fraction of sp³-hybridized carbons (Fsp3) is 0.235. The summed E-state index contributed by atoms with van der Waals surface area (Å²) in [7, 11) is -3.71. The lowest BCUT2D eigenvalue weighted by molar-refractivity contribution is 0.485. The third kappa shape index (κ3) is 6.18. The number of unbranched alkanes of at least 4 members (excludes halogenated alkanes) is 1. The second kappa shape index (κ2) is 8.79. The van der Waals surface area contributed by atoms with E-state index in [1.165, 1.54) is 0 Å². The van der Waals surface area contributed by atoms with Gasteiger partial charge in [0.2, 0.25) is 0 Å². The van der Waals surface area contributed by atoms with Crippen LogP contribution in [0.15, 0.2) is 64.8 Å². The summed E-state index contributed by atoms with van der Waals surface area (Å²) in [5.41, 5.74) is 1.24. The average molecular weight is 343 g/mol. The first-order valence-electron chi connectivity index (χ1n) is 7.40. The van der Waals surface area contributed by atoms with Crippen LogP contribution in [0.5, 0.6) is 5.75 Å². The van der Waals surface area contributed by atoms with Crippen molar-refractivity contribution in [2.75, 3.05) is 6.54 Å². The molecule has 0 unspecified atom stereocenters. The fourth-order valence-electron chi connectivity index (χ4n) is 1.88. The van der Waals surface area contributed by atoms with E-state index in [2.05, 4.69) is 10.2 Å². The highest BCUT2D eigenvalue weighted by Gasteiger charge is 2.13. The molecule has 0 amide bonds. The quantitative estimate of drug-likeness (QED) is 0.412. The molecule has 0 fully saturated rings. The van der Waals surface area contributed by atoms with E-state index >= 15 is 0 Å². The second-order valence-electron chi connectivity index (χ2n) is 4.99. The Kier molecular flexibility index (Phi) is 6.46. The molecule has 0 N–H and O–H groups in total. The van der Waals surface area contributed by atoms with E-state index < -0.39 is 10.1 Å². The highest BCUT2D eigenvalue weighted by atomic mass is 32.2. The molecular formula is C17H17N3O3S. The van der Waals surface area contributed by atoms with Crippen LogP contribution in [-0.2, 0) is 15.9 Å². The summed E-state index contributed by atoms with van der Waals surface area (Å²) in [6.45, 7) is 0.495. The van der Waals surface area contributed by atoms with Gasteiger partial charge in [0.05, 0.1) is 18.3 Å². The Morgan fingerprint density at radius 2 is 1.75 bits per heavy atom. The molecule has 6 nitrogen and oxygen atoms in total. The molecule has 2 aromatic carbocycles. The van der Waals surface area contributed by atoms with E-state index in [-0.39, 0.29) is 5.75 Å². The average Bonchev–Trinajstić information content (AvgIpc) is 2.56. The Labute approximate surface area is 141 Å². The summed E-state index contributed by atoms with van der Waals surface area (Å²) in [5.74, 6) is 0.0712. The summed E-state index contributed by atoms with van der Waals surface area (Å²) in [4.78, 5) is 0. The largest absolute Gasteiger partial charge is 0.382 e.